The van der Waals surface area contributed by atoms with Gasteiger partial charge in [0, 0.05) is 18.6 Å². The molecule has 1 amide bonds. The first-order valence-electron chi connectivity index (χ1n) is 3.70. The minimum absolute atomic E-state index is 0.0619. The lowest BCUT2D eigenvalue weighted by Crippen LogP contribution is -2.22. The molecule has 0 radical (unpaired) electrons. The third-order valence-electron chi connectivity index (χ3n) is 1.70. The summed E-state index contributed by atoms with van der Waals surface area (Å²) in [5.74, 6) is 2.27. The first-order chi connectivity index (χ1) is 6.20. The van der Waals surface area contributed by atoms with E-state index in [1.165, 1.54) is 11.8 Å². The van der Waals surface area contributed by atoms with E-state index in [1.54, 1.807) is 35.5 Å². The Kier molecular flexibility index (Phi) is 2.92. The van der Waals surface area contributed by atoms with Crippen LogP contribution in [0.15, 0.2) is 9.14 Å². The predicted molar refractivity (Wildman–Crippen MR) is 64.9 cm³/mol. The van der Waals surface area contributed by atoms with Gasteiger partial charge in [-0.25, -0.2) is 0 Å². The van der Waals surface area contributed by atoms with Gasteiger partial charge in [0.1, 0.15) is 4.32 Å². The van der Waals surface area contributed by atoms with Crippen LogP contribution in [0.4, 0.5) is 0 Å². The van der Waals surface area contributed by atoms with Gasteiger partial charge in [-0.15, -0.1) is 23.5 Å². The number of thiocarbonyl (C=S) groups is 1. The van der Waals surface area contributed by atoms with Crippen molar-refractivity contribution in [2.45, 2.75) is 0 Å². The molecular weight excluding hydrogens is 242 g/mol. The number of rotatable bonds is 0. The summed E-state index contributed by atoms with van der Waals surface area (Å²) < 4.78 is 1.82. The molecule has 0 saturated carbocycles. The normalized spacial score (nSPS) is 23.6. The van der Waals surface area contributed by atoms with Crippen molar-refractivity contribution in [1.82, 2.24) is 4.90 Å². The summed E-state index contributed by atoms with van der Waals surface area (Å²) in [5.41, 5.74) is 0. The fraction of sp³-hybridized carbons (Fsp3) is 0.429. The summed E-state index contributed by atoms with van der Waals surface area (Å²) in [6.45, 7) is 0. The average Bonchev–Trinajstić information content (AvgIpc) is 2.70. The van der Waals surface area contributed by atoms with E-state index < -0.39 is 0 Å². The van der Waals surface area contributed by atoms with Crippen molar-refractivity contribution in [3.8, 4) is 0 Å². The number of hydrogen-bond donors (Lipinski definition) is 0. The number of hydrogen-bond acceptors (Lipinski definition) is 5. The van der Waals surface area contributed by atoms with Crippen LogP contribution in [0.25, 0.3) is 0 Å². The van der Waals surface area contributed by atoms with E-state index >= 15 is 0 Å². The molecule has 0 spiro atoms. The second-order valence-electron chi connectivity index (χ2n) is 2.55. The van der Waals surface area contributed by atoms with Crippen LogP contribution in [0.2, 0.25) is 0 Å². The molecule has 0 atom stereocenters. The Morgan fingerprint density at radius 1 is 1.38 bits per heavy atom. The van der Waals surface area contributed by atoms with Crippen LogP contribution in [0.5, 0.6) is 0 Å². The van der Waals surface area contributed by atoms with Crippen LogP contribution in [0.3, 0.4) is 0 Å². The molecule has 2 aliphatic rings. The maximum Gasteiger partial charge on any atom is 0.267 e. The molecular formula is C7H7NOS4. The highest BCUT2D eigenvalue weighted by Gasteiger charge is 2.32. The molecule has 0 aromatic rings. The van der Waals surface area contributed by atoms with Crippen molar-refractivity contribution >= 4 is 57.7 Å². The first kappa shape index (κ1) is 9.89. The molecule has 2 nitrogen and oxygen atoms in total. The quantitative estimate of drug-likeness (QED) is 0.483. The minimum Gasteiger partial charge on any atom is -0.296 e. The molecule has 0 aliphatic carbocycles. The van der Waals surface area contributed by atoms with Crippen molar-refractivity contribution in [2.24, 2.45) is 0 Å². The highest BCUT2D eigenvalue weighted by molar-refractivity contribution is 8.30. The van der Waals surface area contributed by atoms with E-state index in [0.717, 1.165) is 20.6 Å². The molecule has 0 N–H and O–H groups in total. The van der Waals surface area contributed by atoms with Gasteiger partial charge in [-0.1, -0.05) is 24.0 Å². The summed E-state index contributed by atoms with van der Waals surface area (Å²) in [6.07, 6.45) is 0. The van der Waals surface area contributed by atoms with Crippen molar-refractivity contribution in [3.63, 3.8) is 0 Å². The first-order valence-corrected chi connectivity index (χ1v) is 6.89. The zero-order valence-corrected chi connectivity index (χ0v) is 10.2. The Labute approximate surface area is 94.9 Å². The van der Waals surface area contributed by atoms with Crippen molar-refractivity contribution < 1.29 is 4.79 Å². The Morgan fingerprint density at radius 2 is 2.00 bits per heavy atom. The van der Waals surface area contributed by atoms with Gasteiger partial charge in [0.25, 0.3) is 5.91 Å². The molecule has 6 heteroatoms. The minimum atomic E-state index is 0.0619. The van der Waals surface area contributed by atoms with E-state index in [9.17, 15) is 4.79 Å². The molecule has 0 bridgehead atoms. The standard InChI is InChI=1S/C7H7NOS4/c1-8-5(9)4(13-7(8)10)6-11-2-3-12-6/h2-3H2,1H3. The van der Waals surface area contributed by atoms with Crippen molar-refractivity contribution in [1.29, 1.82) is 0 Å². The maximum atomic E-state index is 11.6. The highest BCUT2D eigenvalue weighted by atomic mass is 32.2. The van der Waals surface area contributed by atoms with E-state index in [0.29, 0.717) is 4.32 Å². The number of carbonyl (C=O) groups is 1. The largest absolute Gasteiger partial charge is 0.296 e. The zero-order valence-electron chi connectivity index (χ0n) is 6.90. The Balaban J connectivity index is 2.31. The number of nitrogens with zero attached hydrogens (tertiary/aromatic N) is 1. The van der Waals surface area contributed by atoms with E-state index in [4.69, 9.17) is 12.2 Å². The second kappa shape index (κ2) is 3.84. The summed E-state index contributed by atoms with van der Waals surface area (Å²) >= 11 is 10.00. The number of likely N-dealkylation sites (N-methyl/N-ethyl adjacent to an activating group) is 1. The van der Waals surface area contributed by atoms with Gasteiger partial charge in [-0.05, 0) is 0 Å². The second-order valence-corrected chi connectivity index (χ2v) is 6.66. The Bertz CT molecular complexity index is 304. The van der Waals surface area contributed by atoms with Crippen LogP contribution in [0, 0.1) is 0 Å². The number of thioether (sulfide) groups is 3. The number of amides is 1. The molecule has 70 valence electrons. The monoisotopic (exact) mass is 249 g/mol. The molecule has 2 fully saturated rings. The molecule has 0 unspecified atom stereocenters. The van der Waals surface area contributed by atoms with Gasteiger partial charge < -0.3 is 0 Å². The fourth-order valence-electron chi connectivity index (χ4n) is 1.01. The Hall–Kier alpha value is 0.350. The summed E-state index contributed by atoms with van der Waals surface area (Å²) in [6, 6.07) is 0. The molecule has 0 aromatic carbocycles. The van der Waals surface area contributed by atoms with E-state index in [1.807, 2.05) is 0 Å². The molecule has 0 aromatic heterocycles. The average molecular weight is 249 g/mol. The van der Waals surface area contributed by atoms with Crippen molar-refractivity contribution in [3.05, 3.63) is 9.14 Å². The lowest BCUT2D eigenvalue weighted by Gasteiger charge is -2.03. The fourth-order valence-corrected chi connectivity index (χ4v) is 4.95. The zero-order chi connectivity index (χ0) is 9.42. The van der Waals surface area contributed by atoms with Crippen LogP contribution >= 0.6 is 47.5 Å². The van der Waals surface area contributed by atoms with Gasteiger partial charge >= 0.3 is 0 Å². The van der Waals surface area contributed by atoms with Crippen molar-refractivity contribution in [2.75, 3.05) is 18.6 Å². The van der Waals surface area contributed by atoms with Gasteiger partial charge in [-0.3, -0.25) is 9.69 Å². The summed E-state index contributed by atoms with van der Waals surface area (Å²) in [4.78, 5) is 14.0. The van der Waals surface area contributed by atoms with Crippen LogP contribution in [-0.2, 0) is 4.79 Å². The topological polar surface area (TPSA) is 20.3 Å². The number of carbonyl (C=O) groups excluding carboxylic acids is 1. The van der Waals surface area contributed by atoms with Gasteiger partial charge in [0.15, 0.2) is 0 Å². The maximum absolute atomic E-state index is 11.6. The predicted octanol–water partition coefficient (Wildman–Crippen LogP) is 2.13. The van der Waals surface area contributed by atoms with Gasteiger partial charge in [-0.2, -0.15) is 0 Å². The van der Waals surface area contributed by atoms with Crippen LogP contribution in [-0.4, -0.2) is 33.7 Å². The molecule has 2 heterocycles. The molecule has 13 heavy (non-hydrogen) atoms. The molecule has 2 saturated heterocycles. The lowest BCUT2D eigenvalue weighted by atomic mass is 10.5. The third-order valence-corrected chi connectivity index (χ3v) is 6.23. The SMILES string of the molecule is CN1C(=O)C(=C2SCCS2)SC1=S. The highest BCUT2D eigenvalue weighted by Crippen LogP contribution is 2.45. The molecule has 2 aliphatic heterocycles. The molecule has 2 rings (SSSR count). The van der Waals surface area contributed by atoms with E-state index in [2.05, 4.69) is 0 Å². The van der Waals surface area contributed by atoms with Gasteiger partial charge in [0.2, 0.25) is 0 Å². The Morgan fingerprint density at radius 3 is 2.46 bits per heavy atom. The summed E-state index contributed by atoms with van der Waals surface area (Å²) in [7, 11) is 1.73. The van der Waals surface area contributed by atoms with E-state index in [-0.39, 0.29) is 5.91 Å². The van der Waals surface area contributed by atoms with Gasteiger partial charge in [0.05, 0.1) is 9.14 Å². The van der Waals surface area contributed by atoms with Crippen LogP contribution in [0.1, 0.15) is 0 Å². The smallest absolute Gasteiger partial charge is 0.267 e. The summed E-state index contributed by atoms with van der Waals surface area (Å²) in [5, 5.41) is 0. The van der Waals surface area contributed by atoms with Crippen LogP contribution < -0.4 is 0 Å². The third kappa shape index (κ3) is 1.77. The lowest BCUT2D eigenvalue weighted by molar-refractivity contribution is -0.121.